The predicted molar refractivity (Wildman–Crippen MR) is 96.6 cm³/mol. The number of hydrogen-bond donors (Lipinski definition) is 1. The fourth-order valence-electron chi connectivity index (χ4n) is 2.94. The molecule has 1 N–H and O–H groups in total. The summed E-state index contributed by atoms with van der Waals surface area (Å²) in [7, 11) is 2.10. The number of hydrogen-bond acceptors (Lipinski definition) is 3. The van der Waals surface area contributed by atoms with Crippen LogP contribution in [-0.4, -0.2) is 19.7 Å². The smallest absolute Gasteiger partial charge is 0.411 e. The Kier molecular flexibility index (Phi) is 5.16. The van der Waals surface area contributed by atoms with Gasteiger partial charge in [-0.1, -0.05) is 24.3 Å². The maximum absolute atomic E-state index is 11.6. The summed E-state index contributed by atoms with van der Waals surface area (Å²) in [5, 5.41) is 2.77. The van der Waals surface area contributed by atoms with Crippen molar-refractivity contribution in [3.05, 3.63) is 48.0 Å². The van der Waals surface area contributed by atoms with Gasteiger partial charge in [0.1, 0.15) is 0 Å². The summed E-state index contributed by atoms with van der Waals surface area (Å²) in [5.41, 5.74) is 5.64. The summed E-state index contributed by atoms with van der Waals surface area (Å²) >= 11 is 0. The van der Waals surface area contributed by atoms with Gasteiger partial charge < -0.3 is 9.64 Å². The molecule has 1 unspecified atom stereocenters. The first kappa shape index (κ1) is 17.2. The predicted octanol–water partition coefficient (Wildman–Crippen LogP) is 4.85. The number of para-hydroxylation sites is 1. The van der Waals surface area contributed by atoms with Crippen molar-refractivity contribution in [1.29, 1.82) is 0 Å². The number of amides is 1. The molecule has 0 bridgehead atoms. The van der Waals surface area contributed by atoms with Crippen molar-refractivity contribution < 1.29 is 9.53 Å². The van der Waals surface area contributed by atoms with E-state index in [2.05, 4.69) is 54.5 Å². The quantitative estimate of drug-likeness (QED) is 0.854. The molecule has 1 aliphatic rings. The SMILES string of the molecule is CCOC(=O)Nc1ccc2c(c1)C(C)N(C)c1ccccc1-2.Cl. The summed E-state index contributed by atoms with van der Waals surface area (Å²) in [6, 6.07) is 14.6. The van der Waals surface area contributed by atoms with Crippen LogP contribution in [0.3, 0.4) is 0 Å². The van der Waals surface area contributed by atoms with E-state index >= 15 is 0 Å². The third-order valence-electron chi connectivity index (χ3n) is 4.18. The highest BCUT2D eigenvalue weighted by molar-refractivity contribution is 5.89. The molecular formula is C18H21ClN2O2. The third kappa shape index (κ3) is 3.13. The summed E-state index contributed by atoms with van der Waals surface area (Å²) in [6.45, 7) is 4.33. The topological polar surface area (TPSA) is 41.6 Å². The second kappa shape index (κ2) is 6.92. The molecule has 3 rings (SSSR count). The van der Waals surface area contributed by atoms with Gasteiger partial charge in [0.25, 0.3) is 0 Å². The lowest BCUT2D eigenvalue weighted by atomic mass is 9.89. The summed E-state index contributed by atoms with van der Waals surface area (Å²) in [4.78, 5) is 13.8. The molecule has 0 spiro atoms. The van der Waals surface area contributed by atoms with Crippen LogP contribution in [0.1, 0.15) is 25.5 Å². The second-order valence-corrected chi connectivity index (χ2v) is 5.45. The van der Waals surface area contributed by atoms with Crippen molar-refractivity contribution in [2.24, 2.45) is 0 Å². The molecule has 23 heavy (non-hydrogen) atoms. The number of rotatable bonds is 2. The number of anilines is 2. The molecular weight excluding hydrogens is 312 g/mol. The van der Waals surface area contributed by atoms with Gasteiger partial charge in [-0.3, -0.25) is 5.32 Å². The summed E-state index contributed by atoms with van der Waals surface area (Å²) < 4.78 is 4.93. The van der Waals surface area contributed by atoms with Crippen molar-refractivity contribution in [2.75, 3.05) is 23.9 Å². The lowest BCUT2D eigenvalue weighted by Gasteiger charge is -2.36. The number of ether oxygens (including phenoxy) is 1. The van der Waals surface area contributed by atoms with Crippen molar-refractivity contribution in [2.45, 2.75) is 19.9 Å². The minimum atomic E-state index is -0.417. The largest absolute Gasteiger partial charge is 0.450 e. The molecule has 0 fully saturated rings. The van der Waals surface area contributed by atoms with Crippen molar-refractivity contribution in [3.63, 3.8) is 0 Å². The van der Waals surface area contributed by atoms with E-state index in [1.807, 2.05) is 12.1 Å². The Labute approximate surface area is 142 Å². The van der Waals surface area contributed by atoms with Gasteiger partial charge in [0, 0.05) is 24.0 Å². The lowest BCUT2D eigenvalue weighted by Crippen LogP contribution is -2.26. The fourth-order valence-corrected chi connectivity index (χ4v) is 2.94. The number of nitrogens with zero attached hydrogens (tertiary/aromatic N) is 1. The Bertz CT molecular complexity index is 718. The molecule has 1 aliphatic heterocycles. The van der Waals surface area contributed by atoms with Crippen LogP contribution >= 0.6 is 12.4 Å². The van der Waals surface area contributed by atoms with Crippen LogP contribution in [0.5, 0.6) is 0 Å². The van der Waals surface area contributed by atoms with Crippen LogP contribution in [0.25, 0.3) is 11.1 Å². The van der Waals surface area contributed by atoms with Crippen molar-refractivity contribution in [1.82, 2.24) is 0 Å². The van der Waals surface area contributed by atoms with E-state index in [4.69, 9.17) is 4.74 Å². The van der Waals surface area contributed by atoms with Gasteiger partial charge in [0.15, 0.2) is 0 Å². The van der Waals surface area contributed by atoms with Gasteiger partial charge in [0.05, 0.1) is 12.6 Å². The monoisotopic (exact) mass is 332 g/mol. The average Bonchev–Trinajstić information content (AvgIpc) is 2.53. The van der Waals surface area contributed by atoms with Crippen LogP contribution in [0.2, 0.25) is 0 Å². The number of nitrogens with one attached hydrogen (secondary N) is 1. The zero-order chi connectivity index (χ0) is 15.7. The van der Waals surface area contributed by atoms with E-state index in [1.165, 1.54) is 22.4 Å². The highest BCUT2D eigenvalue weighted by Gasteiger charge is 2.25. The van der Waals surface area contributed by atoms with E-state index < -0.39 is 6.09 Å². The molecule has 1 atom stereocenters. The van der Waals surface area contributed by atoms with E-state index in [9.17, 15) is 4.79 Å². The minimum Gasteiger partial charge on any atom is -0.450 e. The zero-order valence-electron chi connectivity index (χ0n) is 13.5. The van der Waals surface area contributed by atoms with Crippen LogP contribution in [0.4, 0.5) is 16.2 Å². The minimum absolute atomic E-state index is 0. The maximum atomic E-state index is 11.6. The van der Waals surface area contributed by atoms with Gasteiger partial charge in [-0.15, -0.1) is 12.4 Å². The van der Waals surface area contributed by atoms with Crippen molar-refractivity contribution >= 4 is 29.9 Å². The summed E-state index contributed by atoms with van der Waals surface area (Å²) in [5.74, 6) is 0. The molecule has 4 nitrogen and oxygen atoms in total. The zero-order valence-corrected chi connectivity index (χ0v) is 14.3. The maximum Gasteiger partial charge on any atom is 0.411 e. The number of carbonyl (C=O) groups is 1. The van der Waals surface area contributed by atoms with Crippen LogP contribution in [-0.2, 0) is 4.74 Å². The molecule has 122 valence electrons. The third-order valence-corrected chi connectivity index (χ3v) is 4.18. The van der Waals surface area contributed by atoms with Gasteiger partial charge >= 0.3 is 6.09 Å². The fraction of sp³-hybridized carbons (Fsp3) is 0.278. The van der Waals surface area contributed by atoms with E-state index in [0.717, 1.165) is 5.69 Å². The van der Waals surface area contributed by atoms with Gasteiger partial charge in [-0.05, 0) is 43.2 Å². The highest BCUT2D eigenvalue weighted by atomic mass is 35.5. The van der Waals surface area contributed by atoms with E-state index in [-0.39, 0.29) is 18.4 Å². The Balaban J connectivity index is 0.00000192. The van der Waals surface area contributed by atoms with Crippen LogP contribution < -0.4 is 10.2 Å². The normalized spacial score (nSPS) is 15.1. The number of halogens is 1. The average molecular weight is 333 g/mol. The molecule has 0 aliphatic carbocycles. The molecule has 5 heteroatoms. The molecule has 2 aromatic rings. The second-order valence-electron chi connectivity index (χ2n) is 5.45. The number of benzene rings is 2. The first-order chi connectivity index (χ1) is 10.6. The van der Waals surface area contributed by atoms with Gasteiger partial charge in [-0.2, -0.15) is 0 Å². The number of fused-ring (bicyclic) bond motifs is 3. The van der Waals surface area contributed by atoms with Gasteiger partial charge in [0.2, 0.25) is 0 Å². The molecule has 0 aromatic heterocycles. The molecule has 0 saturated carbocycles. The molecule has 1 heterocycles. The van der Waals surface area contributed by atoms with E-state index in [0.29, 0.717) is 6.61 Å². The Hall–Kier alpha value is -2.20. The van der Waals surface area contributed by atoms with Gasteiger partial charge in [-0.25, -0.2) is 4.79 Å². The Morgan fingerprint density at radius 3 is 2.70 bits per heavy atom. The Morgan fingerprint density at radius 2 is 1.96 bits per heavy atom. The molecule has 0 radical (unpaired) electrons. The number of carbonyl (C=O) groups excluding carboxylic acids is 1. The van der Waals surface area contributed by atoms with Crippen LogP contribution in [0, 0.1) is 0 Å². The molecule has 2 aromatic carbocycles. The van der Waals surface area contributed by atoms with E-state index in [1.54, 1.807) is 6.92 Å². The highest BCUT2D eigenvalue weighted by Crippen LogP contribution is 2.44. The Morgan fingerprint density at radius 1 is 1.22 bits per heavy atom. The molecule has 0 saturated heterocycles. The van der Waals surface area contributed by atoms with Crippen molar-refractivity contribution in [3.8, 4) is 11.1 Å². The first-order valence-corrected chi connectivity index (χ1v) is 7.51. The molecule has 1 amide bonds. The van der Waals surface area contributed by atoms with Crippen LogP contribution in [0.15, 0.2) is 42.5 Å². The standard InChI is InChI=1S/C18H20N2O2.ClH/c1-4-22-18(21)19-13-9-10-14-15-7-5-6-8-17(15)20(3)12(2)16(14)11-13;/h5-12H,4H2,1-3H3,(H,19,21);1H. The first-order valence-electron chi connectivity index (χ1n) is 7.51. The summed E-state index contributed by atoms with van der Waals surface area (Å²) in [6.07, 6.45) is -0.417. The lowest BCUT2D eigenvalue weighted by molar-refractivity contribution is 0.168.